The molecule has 5 nitrogen and oxygen atoms in total. The van der Waals surface area contributed by atoms with Gasteiger partial charge in [0, 0.05) is 18.4 Å². The summed E-state index contributed by atoms with van der Waals surface area (Å²) in [7, 11) is 0. The molecule has 0 bridgehead atoms. The number of carbonyl (C=O) groups is 1. The maximum Gasteiger partial charge on any atom is 0.240 e. The highest BCUT2D eigenvalue weighted by Crippen LogP contribution is 2.00. The third kappa shape index (κ3) is 3.27. The molecule has 0 unspecified atom stereocenters. The number of hydrogen-bond donors (Lipinski definition) is 2. The van der Waals surface area contributed by atoms with Crippen LogP contribution in [0.25, 0.3) is 0 Å². The van der Waals surface area contributed by atoms with Crippen LogP contribution < -0.4 is 11.1 Å². The maximum atomic E-state index is 11.6. The summed E-state index contributed by atoms with van der Waals surface area (Å²) in [5.74, 6) is 0.350. The monoisotopic (exact) mass is 210 g/mol. The molecule has 15 heavy (non-hydrogen) atoms. The second-order valence-electron chi connectivity index (χ2n) is 3.49. The van der Waals surface area contributed by atoms with Crippen LogP contribution in [0.2, 0.25) is 0 Å². The number of nitrogens with one attached hydrogen (secondary N) is 1. The molecule has 0 aliphatic rings. The van der Waals surface area contributed by atoms with Gasteiger partial charge >= 0.3 is 0 Å². The molecule has 0 aliphatic carbocycles. The van der Waals surface area contributed by atoms with Crippen molar-refractivity contribution in [3.05, 3.63) is 12.4 Å². The maximum absolute atomic E-state index is 11.6. The van der Waals surface area contributed by atoms with Crippen LogP contribution in [0.1, 0.15) is 26.7 Å². The second kappa shape index (κ2) is 5.38. The van der Waals surface area contributed by atoms with E-state index in [0.29, 0.717) is 5.95 Å². The number of aromatic nitrogens is 2. The van der Waals surface area contributed by atoms with Crippen molar-refractivity contribution in [3.63, 3.8) is 0 Å². The van der Waals surface area contributed by atoms with Crippen LogP contribution >= 0.6 is 0 Å². The molecule has 0 radical (unpaired) electrons. The third-order valence-electron chi connectivity index (χ3n) is 2.41. The van der Waals surface area contributed by atoms with E-state index in [1.54, 1.807) is 17.0 Å². The van der Waals surface area contributed by atoms with Gasteiger partial charge in [-0.05, 0) is 12.8 Å². The van der Waals surface area contributed by atoms with Crippen molar-refractivity contribution in [2.45, 2.75) is 39.3 Å². The van der Waals surface area contributed by atoms with Gasteiger partial charge in [0.25, 0.3) is 0 Å². The van der Waals surface area contributed by atoms with Gasteiger partial charge in [-0.2, -0.15) is 0 Å². The average Bonchev–Trinajstić information content (AvgIpc) is 2.61. The Morgan fingerprint density at radius 3 is 2.73 bits per heavy atom. The van der Waals surface area contributed by atoms with Crippen LogP contribution in [-0.4, -0.2) is 21.5 Å². The van der Waals surface area contributed by atoms with Crippen molar-refractivity contribution >= 4 is 11.9 Å². The molecular formula is C10H18N4O. The number of nitrogens with zero attached hydrogens (tertiary/aromatic N) is 2. The zero-order chi connectivity index (χ0) is 11.3. The van der Waals surface area contributed by atoms with Crippen LogP contribution in [0.15, 0.2) is 12.4 Å². The Bertz CT molecular complexity index is 317. The van der Waals surface area contributed by atoms with Crippen molar-refractivity contribution in [1.29, 1.82) is 0 Å². The Hall–Kier alpha value is -1.52. The van der Waals surface area contributed by atoms with Gasteiger partial charge in [-0.25, -0.2) is 4.98 Å². The SMILES string of the molecule is CCC(CC)NC(=O)Cn1ccnc1N. The topological polar surface area (TPSA) is 72.9 Å². The molecule has 0 spiro atoms. The van der Waals surface area contributed by atoms with E-state index < -0.39 is 0 Å². The smallest absolute Gasteiger partial charge is 0.240 e. The predicted octanol–water partition coefficient (Wildman–Crippen LogP) is 0.770. The highest BCUT2D eigenvalue weighted by Gasteiger charge is 2.09. The summed E-state index contributed by atoms with van der Waals surface area (Å²) in [5.41, 5.74) is 5.56. The molecule has 0 aromatic carbocycles. The molecule has 0 aliphatic heterocycles. The van der Waals surface area contributed by atoms with Gasteiger partial charge in [-0.15, -0.1) is 0 Å². The molecule has 0 saturated carbocycles. The number of hydrogen-bond acceptors (Lipinski definition) is 3. The van der Waals surface area contributed by atoms with Crippen molar-refractivity contribution in [3.8, 4) is 0 Å². The molecule has 1 rings (SSSR count). The normalized spacial score (nSPS) is 10.6. The summed E-state index contributed by atoms with van der Waals surface area (Å²) in [4.78, 5) is 15.4. The van der Waals surface area contributed by atoms with E-state index in [0.717, 1.165) is 12.8 Å². The van der Waals surface area contributed by atoms with Gasteiger partial charge < -0.3 is 15.6 Å². The van der Waals surface area contributed by atoms with E-state index in [1.165, 1.54) is 0 Å². The summed E-state index contributed by atoms with van der Waals surface area (Å²) in [6.07, 6.45) is 5.17. The van der Waals surface area contributed by atoms with Gasteiger partial charge in [0.15, 0.2) is 0 Å². The lowest BCUT2D eigenvalue weighted by atomic mass is 10.2. The fourth-order valence-electron chi connectivity index (χ4n) is 1.40. The number of rotatable bonds is 5. The minimum Gasteiger partial charge on any atom is -0.369 e. The fourth-order valence-corrected chi connectivity index (χ4v) is 1.40. The van der Waals surface area contributed by atoms with Crippen LogP contribution in [0, 0.1) is 0 Å². The van der Waals surface area contributed by atoms with Crippen molar-refractivity contribution in [2.75, 3.05) is 5.73 Å². The lowest BCUT2D eigenvalue weighted by Crippen LogP contribution is -2.36. The van der Waals surface area contributed by atoms with Crippen molar-refractivity contribution in [2.24, 2.45) is 0 Å². The quantitative estimate of drug-likeness (QED) is 0.754. The second-order valence-corrected chi connectivity index (χ2v) is 3.49. The summed E-state index contributed by atoms with van der Waals surface area (Å²) in [6, 6.07) is 0.252. The zero-order valence-corrected chi connectivity index (χ0v) is 9.23. The lowest BCUT2D eigenvalue weighted by molar-refractivity contribution is -0.122. The minimum atomic E-state index is -0.0200. The summed E-state index contributed by atoms with van der Waals surface area (Å²) in [6.45, 7) is 4.35. The molecule has 0 saturated heterocycles. The Labute approximate surface area is 89.7 Å². The molecule has 0 atom stereocenters. The van der Waals surface area contributed by atoms with E-state index in [9.17, 15) is 4.79 Å². The van der Waals surface area contributed by atoms with Gasteiger partial charge in [-0.1, -0.05) is 13.8 Å². The molecule has 3 N–H and O–H groups in total. The van der Waals surface area contributed by atoms with Gasteiger partial charge in [0.1, 0.15) is 6.54 Å². The fraction of sp³-hybridized carbons (Fsp3) is 0.600. The number of carbonyl (C=O) groups excluding carboxylic acids is 1. The van der Waals surface area contributed by atoms with Crippen molar-refractivity contribution < 1.29 is 4.79 Å². The van der Waals surface area contributed by atoms with Crippen molar-refractivity contribution in [1.82, 2.24) is 14.9 Å². The van der Waals surface area contributed by atoms with E-state index in [4.69, 9.17) is 5.73 Å². The molecular weight excluding hydrogens is 192 g/mol. The Morgan fingerprint density at radius 2 is 2.27 bits per heavy atom. The number of nitrogens with two attached hydrogens (primary N) is 1. The molecule has 1 heterocycles. The van der Waals surface area contributed by atoms with E-state index in [2.05, 4.69) is 24.1 Å². The standard InChI is InChI=1S/C10H18N4O/c1-3-8(4-2)13-9(15)7-14-6-5-12-10(14)11/h5-6,8H,3-4,7H2,1-2H3,(H2,11,12)(H,13,15). The van der Waals surface area contributed by atoms with Gasteiger partial charge in [0.05, 0.1) is 0 Å². The third-order valence-corrected chi connectivity index (χ3v) is 2.41. The summed E-state index contributed by atoms with van der Waals surface area (Å²) < 4.78 is 1.62. The number of nitrogen functional groups attached to an aromatic ring is 1. The number of imidazole rings is 1. The van der Waals surface area contributed by atoms with Gasteiger partial charge in [0.2, 0.25) is 11.9 Å². The molecule has 1 aromatic heterocycles. The first kappa shape index (κ1) is 11.6. The summed E-state index contributed by atoms with van der Waals surface area (Å²) in [5, 5.41) is 2.94. The molecule has 1 aromatic rings. The van der Waals surface area contributed by atoms with E-state index in [1.807, 2.05) is 0 Å². The van der Waals surface area contributed by atoms with Gasteiger partial charge in [-0.3, -0.25) is 4.79 Å². The Balaban J connectivity index is 2.46. The van der Waals surface area contributed by atoms with Crippen LogP contribution in [0.4, 0.5) is 5.95 Å². The number of anilines is 1. The number of amides is 1. The van der Waals surface area contributed by atoms with Crippen LogP contribution in [0.5, 0.6) is 0 Å². The average molecular weight is 210 g/mol. The highest BCUT2D eigenvalue weighted by atomic mass is 16.2. The van der Waals surface area contributed by atoms with E-state index in [-0.39, 0.29) is 18.5 Å². The Kier molecular flexibility index (Phi) is 4.15. The minimum absolute atomic E-state index is 0.0200. The predicted molar refractivity (Wildman–Crippen MR) is 59.2 cm³/mol. The van der Waals surface area contributed by atoms with Crippen LogP contribution in [-0.2, 0) is 11.3 Å². The largest absolute Gasteiger partial charge is 0.369 e. The lowest BCUT2D eigenvalue weighted by Gasteiger charge is -2.14. The van der Waals surface area contributed by atoms with Crippen LogP contribution in [0.3, 0.4) is 0 Å². The molecule has 0 fully saturated rings. The molecule has 5 heteroatoms. The van der Waals surface area contributed by atoms with E-state index >= 15 is 0 Å². The molecule has 1 amide bonds. The summed E-state index contributed by atoms with van der Waals surface area (Å²) >= 11 is 0. The first-order valence-electron chi connectivity index (χ1n) is 5.23. The zero-order valence-electron chi connectivity index (χ0n) is 9.23. The molecule has 84 valence electrons. The highest BCUT2D eigenvalue weighted by molar-refractivity contribution is 5.76. The Morgan fingerprint density at radius 1 is 1.60 bits per heavy atom. The first-order valence-corrected chi connectivity index (χ1v) is 5.23. The first-order chi connectivity index (χ1) is 7.17.